The van der Waals surface area contributed by atoms with E-state index < -0.39 is 5.60 Å². The van der Waals surface area contributed by atoms with Crippen LogP contribution in [0.15, 0.2) is 6.07 Å². The molecule has 1 aliphatic carbocycles. The fourth-order valence-electron chi connectivity index (χ4n) is 1.79. The standard InChI is InChI=1S/C12H15ClO3/c1-7-5-9(16-2)11(14)8(10(7)13)6-12(15)3-4-12/h5,14-15H,3-4,6H2,1-2H3. The van der Waals surface area contributed by atoms with Gasteiger partial charge in [0.1, 0.15) is 0 Å². The van der Waals surface area contributed by atoms with Gasteiger partial charge in [-0.3, -0.25) is 0 Å². The number of hydrogen-bond donors (Lipinski definition) is 2. The summed E-state index contributed by atoms with van der Waals surface area (Å²) >= 11 is 6.13. The second-order valence-electron chi connectivity index (χ2n) is 4.44. The van der Waals surface area contributed by atoms with Crippen molar-refractivity contribution in [2.45, 2.75) is 31.8 Å². The van der Waals surface area contributed by atoms with Crippen LogP contribution in [0.3, 0.4) is 0 Å². The molecule has 88 valence electrons. The Morgan fingerprint density at radius 1 is 1.50 bits per heavy atom. The third kappa shape index (κ3) is 1.97. The molecule has 2 rings (SSSR count). The molecule has 0 unspecified atom stereocenters. The van der Waals surface area contributed by atoms with Gasteiger partial charge < -0.3 is 14.9 Å². The van der Waals surface area contributed by atoms with Crippen LogP contribution in [0.5, 0.6) is 11.5 Å². The minimum absolute atomic E-state index is 0.0402. The van der Waals surface area contributed by atoms with Gasteiger partial charge in [0.2, 0.25) is 0 Å². The van der Waals surface area contributed by atoms with Crippen LogP contribution in [0.25, 0.3) is 0 Å². The van der Waals surface area contributed by atoms with Crippen molar-refractivity contribution in [2.24, 2.45) is 0 Å². The molecular formula is C12H15ClO3. The Morgan fingerprint density at radius 3 is 2.62 bits per heavy atom. The lowest BCUT2D eigenvalue weighted by molar-refractivity contribution is 0.150. The Balaban J connectivity index is 2.44. The molecule has 0 bridgehead atoms. The normalized spacial score (nSPS) is 17.2. The maximum absolute atomic E-state index is 9.96. The first-order valence-electron chi connectivity index (χ1n) is 5.24. The third-order valence-electron chi connectivity index (χ3n) is 3.03. The molecule has 0 amide bonds. The fourth-order valence-corrected chi connectivity index (χ4v) is 2.00. The van der Waals surface area contributed by atoms with Crippen LogP contribution in [0.1, 0.15) is 24.0 Å². The molecule has 0 saturated heterocycles. The lowest BCUT2D eigenvalue weighted by Crippen LogP contribution is -2.11. The molecule has 2 N–H and O–H groups in total. The molecule has 0 aliphatic heterocycles. The van der Waals surface area contributed by atoms with Crippen LogP contribution in [-0.2, 0) is 6.42 Å². The lowest BCUT2D eigenvalue weighted by atomic mass is 10.0. The van der Waals surface area contributed by atoms with Gasteiger partial charge in [-0.05, 0) is 31.4 Å². The van der Waals surface area contributed by atoms with E-state index in [-0.39, 0.29) is 5.75 Å². The van der Waals surface area contributed by atoms with Crippen molar-refractivity contribution < 1.29 is 14.9 Å². The van der Waals surface area contributed by atoms with Gasteiger partial charge in [-0.15, -0.1) is 0 Å². The lowest BCUT2D eigenvalue weighted by Gasteiger charge is -2.15. The first kappa shape index (κ1) is 11.6. The molecule has 1 fully saturated rings. The van der Waals surface area contributed by atoms with Gasteiger partial charge in [-0.25, -0.2) is 0 Å². The Labute approximate surface area is 99.6 Å². The highest BCUT2D eigenvalue weighted by Crippen LogP contribution is 2.45. The second-order valence-corrected chi connectivity index (χ2v) is 4.82. The number of rotatable bonds is 3. The molecule has 0 spiro atoms. The van der Waals surface area contributed by atoms with Crippen molar-refractivity contribution in [3.63, 3.8) is 0 Å². The summed E-state index contributed by atoms with van der Waals surface area (Å²) in [5.74, 6) is 0.444. The van der Waals surface area contributed by atoms with Crippen LogP contribution in [0, 0.1) is 6.92 Å². The zero-order chi connectivity index (χ0) is 11.9. The molecular weight excluding hydrogens is 228 g/mol. The summed E-state index contributed by atoms with van der Waals surface area (Å²) in [7, 11) is 1.50. The average molecular weight is 243 g/mol. The van der Waals surface area contributed by atoms with Gasteiger partial charge in [0.15, 0.2) is 11.5 Å². The predicted octanol–water partition coefficient (Wildman–Crippen LogP) is 2.43. The first-order valence-corrected chi connectivity index (χ1v) is 5.62. The van der Waals surface area contributed by atoms with Gasteiger partial charge in [-0.1, -0.05) is 11.6 Å². The largest absolute Gasteiger partial charge is 0.504 e. The van der Waals surface area contributed by atoms with Crippen LogP contribution in [0.4, 0.5) is 0 Å². The highest BCUT2D eigenvalue weighted by Gasteiger charge is 2.41. The number of aryl methyl sites for hydroxylation is 1. The van der Waals surface area contributed by atoms with Crippen molar-refractivity contribution in [3.8, 4) is 11.5 Å². The Morgan fingerprint density at radius 2 is 2.12 bits per heavy atom. The number of methoxy groups -OCH3 is 1. The summed E-state index contributed by atoms with van der Waals surface area (Å²) in [5, 5.41) is 20.4. The minimum Gasteiger partial charge on any atom is -0.504 e. The molecule has 3 nitrogen and oxygen atoms in total. The number of hydrogen-bond acceptors (Lipinski definition) is 3. The number of aromatic hydroxyl groups is 1. The van der Waals surface area contributed by atoms with E-state index in [0.29, 0.717) is 22.8 Å². The third-order valence-corrected chi connectivity index (χ3v) is 3.56. The Kier molecular flexibility index (Phi) is 2.76. The van der Waals surface area contributed by atoms with Gasteiger partial charge in [0, 0.05) is 12.0 Å². The quantitative estimate of drug-likeness (QED) is 0.856. The SMILES string of the molecule is COc1cc(C)c(Cl)c(CC2(O)CC2)c1O. The molecule has 1 aromatic carbocycles. The minimum atomic E-state index is -0.681. The second kappa shape index (κ2) is 3.82. The van der Waals surface area contributed by atoms with Crippen LogP contribution < -0.4 is 4.74 Å². The summed E-state index contributed by atoms with van der Waals surface area (Å²) in [6.07, 6.45) is 1.91. The molecule has 1 saturated carbocycles. The number of ether oxygens (including phenoxy) is 1. The van der Waals surface area contributed by atoms with Gasteiger partial charge >= 0.3 is 0 Å². The number of benzene rings is 1. The maximum Gasteiger partial charge on any atom is 0.162 e. The van der Waals surface area contributed by atoms with E-state index in [1.54, 1.807) is 6.07 Å². The van der Waals surface area contributed by atoms with E-state index in [1.807, 2.05) is 6.92 Å². The van der Waals surface area contributed by atoms with E-state index in [0.717, 1.165) is 18.4 Å². The number of aliphatic hydroxyl groups is 1. The zero-order valence-corrected chi connectivity index (χ0v) is 10.1. The molecule has 0 aromatic heterocycles. The van der Waals surface area contributed by atoms with Gasteiger partial charge in [-0.2, -0.15) is 0 Å². The molecule has 0 heterocycles. The monoisotopic (exact) mass is 242 g/mol. The average Bonchev–Trinajstić information content (AvgIpc) is 2.97. The predicted molar refractivity (Wildman–Crippen MR) is 62.3 cm³/mol. The van der Waals surface area contributed by atoms with E-state index in [9.17, 15) is 10.2 Å². The summed E-state index contributed by atoms with van der Waals surface area (Å²) in [6.45, 7) is 1.85. The van der Waals surface area contributed by atoms with E-state index in [4.69, 9.17) is 16.3 Å². The fraction of sp³-hybridized carbons (Fsp3) is 0.500. The summed E-state index contributed by atoms with van der Waals surface area (Å²) < 4.78 is 5.07. The molecule has 0 radical (unpaired) electrons. The van der Waals surface area contributed by atoms with Crippen LogP contribution in [0.2, 0.25) is 5.02 Å². The highest BCUT2D eigenvalue weighted by atomic mass is 35.5. The molecule has 0 atom stereocenters. The van der Waals surface area contributed by atoms with Crippen LogP contribution >= 0.6 is 11.6 Å². The zero-order valence-electron chi connectivity index (χ0n) is 9.38. The maximum atomic E-state index is 9.96. The molecule has 4 heteroatoms. The van der Waals surface area contributed by atoms with Crippen molar-refractivity contribution in [1.82, 2.24) is 0 Å². The Bertz CT molecular complexity index is 425. The van der Waals surface area contributed by atoms with Gasteiger partial charge in [0.25, 0.3) is 0 Å². The number of halogens is 1. The van der Waals surface area contributed by atoms with E-state index >= 15 is 0 Å². The van der Waals surface area contributed by atoms with Crippen molar-refractivity contribution >= 4 is 11.6 Å². The topological polar surface area (TPSA) is 49.7 Å². The smallest absolute Gasteiger partial charge is 0.162 e. The Hall–Kier alpha value is -0.930. The van der Waals surface area contributed by atoms with Crippen molar-refractivity contribution in [2.75, 3.05) is 7.11 Å². The number of phenols is 1. The highest BCUT2D eigenvalue weighted by molar-refractivity contribution is 6.32. The van der Waals surface area contributed by atoms with E-state index in [2.05, 4.69) is 0 Å². The summed E-state index contributed by atoms with van der Waals surface area (Å²) in [5.41, 5.74) is 0.744. The molecule has 1 aliphatic rings. The van der Waals surface area contributed by atoms with Crippen LogP contribution in [-0.4, -0.2) is 22.9 Å². The molecule has 16 heavy (non-hydrogen) atoms. The summed E-state index contributed by atoms with van der Waals surface area (Å²) in [4.78, 5) is 0. The van der Waals surface area contributed by atoms with E-state index in [1.165, 1.54) is 7.11 Å². The molecule has 1 aromatic rings. The number of phenolic OH excluding ortho intramolecular Hbond substituents is 1. The summed E-state index contributed by atoms with van der Waals surface area (Å²) in [6, 6.07) is 1.69. The first-order chi connectivity index (χ1) is 7.47. The van der Waals surface area contributed by atoms with Crippen molar-refractivity contribution in [3.05, 3.63) is 22.2 Å². The van der Waals surface area contributed by atoms with Crippen molar-refractivity contribution in [1.29, 1.82) is 0 Å². The van der Waals surface area contributed by atoms with Gasteiger partial charge in [0.05, 0.1) is 17.7 Å².